The van der Waals surface area contributed by atoms with Crippen LogP contribution in [0.4, 0.5) is 5.69 Å². The molecule has 2 heterocycles. The molecule has 0 amide bonds. The summed E-state index contributed by atoms with van der Waals surface area (Å²) in [7, 11) is -5.52. The van der Waals surface area contributed by atoms with Gasteiger partial charge < -0.3 is 27.9 Å². The summed E-state index contributed by atoms with van der Waals surface area (Å²) >= 11 is 0. The van der Waals surface area contributed by atoms with E-state index in [0.29, 0.717) is 35.6 Å². The van der Waals surface area contributed by atoms with Crippen LogP contribution in [0.15, 0.2) is 46.2 Å². The van der Waals surface area contributed by atoms with E-state index in [1.807, 2.05) is 60.6 Å². The second-order valence-corrected chi connectivity index (χ2v) is 26.8. The van der Waals surface area contributed by atoms with Crippen molar-refractivity contribution in [2.45, 2.75) is 163 Å². The van der Waals surface area contributed by atoms with Gasteiger partial charge in [-0.1, -0.05) is 95.2 Å². The van der Waals surface area contributed by atoms with Crippen LogP contribution in [0.1, 0.15) is 130 Å². The number of nitro groups is 1. The van der Waals surface area contributed by atoms with Gasteiger partial charge in [0.15, 0.2) is 8.32 Å². The van der Waals surface area contributed by atoms with Gasteiger partial charge in [-0.05, 0) is 89.4 Å². The number of aromatic nitrogens is 2. The Hall–Kier alpha value is -3.67. The minimum atomic E-state index is -4.64. The number of benzene rings is 2. The quantitative estimate of drug-likeness (QED) is 0.0522. The average molecular weight is 902 g/mol. The van der Waals surface area contributed by atoms with Crippen molar-refractivity contribution >= 4 is 24.1 Å². The van der Waals surface area contributed by atoms with Crippen molar-refractivity contribution in [3.63, 3.8) is 0 Å². The van der Waals surface area contributed by atoms with Crippen molar-refractivity contribution in [1.29, 1.82) is 0 Å². The van der Waals surface area contributed by atoms with E-state index in [1.54, 1.807) is 6.07 Å². The lowest BCUT2D eigenvalue weighted by Gasteiger charge is -2.39. The molecule has 4 atom stereocenters. The Morgan fingerprint density at radius 1 is 0.952 bits per heavy atom. The van der Waals surface area contributed by atoms with Gasteiger partial charge in [0.1, 0.15) is 23.0 Å². The molecule has 0 radical (unpaired) electrons. The van der Waals surface area contributed by atoms with Crippen LogP contribution in [0, 0.1) is 33.3 Å². The van der Waals surface area contributed by atoms with E-state index in [-0.39, 0.29) is 58.2 Å². The van der Waals surface area contributed by atoms with E-state index in [2.05, 4.69) is 52.7 Å². The Bertz CT molecular complexity index is 2180. The summed E-state index contributed by atoms with van der Waals surface area (Å²) in [4.78, 5) is 30.2. The maximum absolute atomic E-state index is 14.8. The van der Waals surface area contributed by atoms with Crippen LogP contribution in [0.5, 0.6) is 11.6 Å². The predicted octanol–water partition coefficient (Wildman–Crippen LogP) is 9.50. The fourth-order valence-electron chi connectivity index (χ4n) is 7.67. The number of aliphatic hydroxyl groups is 1. The van der Waals surface area contributed by atoms with Crippen molar-refractivity contribution in [2.75, 3.05) is 13.7 Å². The summed E-state index contributed by atoms with van der Waals surface area (Å²) in [6.45, 7) is 27.7. The summed E-state index contributed by atoms with van der Waals surface area (Å²) < 4.78 is 61.8. The van der Waals surface area contributed by atoms with Gasteiger partial charge in [-0.2, -0.15) is 13.4 Å². The molecule has 1 aliphatic rings. The number of rotatable bonds is 19. The third-order valence-electron chi connectivity index (χ3n) is 11.5. The molecule has 1 saturated heterocycles. The summed E-state index contributed by atoms with van der Waals surface area (Å²) in [6.07, 6.45) is 0.163. The SMILES string of the molecule is COc1ccc([N+](=O)[O-])c([C@@H](OCc2cn([C@H]3C[C@@H](O[Si](C)(C)C(C)(C)C)[C@@H](CO)O3)c(=O)nc2OS(=O)(=O)c2c(CC(C)C)cc(CC(C)C)cc2CC(C)C)C(C)(C)C)c1. The molecule has 1 aliphatic heterocycles. The van der Waals surface area contributed by atoms with E-state index in [0.717, 1.165) is 12.0 Å². The fraction of sp³-hybridized carbons (Fsp3) is 0.652. The van der Waals surface area contributed by atoms with Gasteiger partial charge in [-0.25, -0.2) is 4.79 Å². The molecule has 62 heavy (non-hydrogen) atoms. The van der Waals surface area contributed by atoms with E-state index in [9.17, 15) is 28.4 Å². The van der Waals surface area contributed by atoms with Crippen LogP contribution in [0.25, 0.3) is 0 Å². The van der Waals surface area contributed by atoms with Crippen LogP contribution in [-0.2, 0) is 49.9 Å². The number of nitro benzene ring substituents is 1. The maximum atomic E-state index is 14.8. The highest BCUT2D eigenvalue weighted by Gasteiger charge is 2.45. The van der Waals surface area contributed by atoms with Gasteiger partial charge >= 0.3 is 15.8 Å². The van der Waals surface area contributed by atoms with Gasteiger partial charge in [-0.3, -0.25) is 14.7 Å². The summed E-state index contributed by atoms with van der Waals surface area (Å²) in [5, 5.41) is 22.6. The Morgan fingerprint density at radius 2 is 1.53 bits per heavy atom. The van der Waals surface area contributed by atoms with Gasteiger partial charge in [-0.15, -0.1) is 0 Å². The fourth-order valence-corrected chi connectivity index (χ4v) is 10.4. The second-order valence-electron chi connectivity index (χ2n) is 20.5. The van der Waals surface area contributed by atoms with Crippen LogP contribution in [0.2, 0.25) is 18.1 Å². The zero-order valence-electron chi connectivity index (χ0n) is 39.5. The monoisotopic (exact) mass is 901 g/mol. The smallest absolute Gasteiger partial charge is 0.353 e. The molecule has 1 N–H and O–H groups in total. The number of nitrogens with zero attached hydrogens (tertiary/aromatic N) is 3. The highest BCUT2D eigenvalue weighted by molar-refractivity contribution is 7.87. The molecule has 0 spiro atoms. The van der Waals surface area contributed by atoms with E-state index < -0.39 is 64.9 Å². The number of hydrogen-bond acceptors (Lipinski definition) is 12. The minimum Gasteiger partial charge on any atom is -0.497 e. The molecule has 3 aromatic rings. The molecule has 0 aliphatic carbocycles. The Labute approximate surface area is 370 Å². The van der Waals surface area contributed by atoms with E-state index in [1.165, 1.54) is 30.0 Å². The molecule has 2 aromatic carbocycles. The van der Waals surface area contributed by atoms with Crippen molar-refractivity contribution < 1.29 is 41.3 Å². The first-order chi connectivity index (χ1) is 28.6. The lowest BCUT2D eigenvalue weighted by Crippen LogP contribution is -2.46. The summed E-state index contributed by atoms with van der Waals surface area (Å²) in [5.41, 5.74) is 0.838. The zero-order chi connectivity index (χ0) is 46.7. The topological polar surface area (TPSA) is 179 Å². The summed E-state index contributed by atoms with van der Waals surface area (Å²) in [5.74, 6) is 0.469. The Kier molecular flexibility index (Phi) is 16.5. The standard InChI is InChI=1S/C46H71N3O11SSi/c1-28(2)18-31-21-32(19-29(3)4)41(33(22-31)20-30(5)6)61(54,55)59-43-34(27-57-42(45(7,8)9)36-23-35(56-13)16-17-37(36)49(52)53)25-48(44(51)47-43)40-24-38(39(26-50)58-40)60-62(14,15)46(10,11)12/h16-17,21-23,25,28-30,38-40,42,50H,18-20,24,26-27H2,1-15H3/t38-,39-,40-,42-/m1/s1. The number of aliphatic hydroxyl groups excluding tert-OH is 1. The lowest BCUT2D eigenvalue weighted by atomic mass is 9.83. The lowest BCUT2D eigenvalue weighted by molar-refractivity contribution is -0.386. The van der Waals surface area contributed by atoms with Gasteiger partial charge in [0.25, 0.3) is 5.69 Å². The maximum Gasteiger partial charge on any atom is 0.353 e. The molecule has 4 rings (SSSR count). The molecule has 0 saturated carbocycles. The molecule has 1 fully saturated rings. The Balaban J connectivity index is 1.92. The number of methoxy groups -OCH3 is 1. The van der Waals surface area contributed by atoms with Gasteiger partial charge in [0.05, 0.1) is 48.6 Å². The van der Waals surface area contributed by atoms with Crippen molar-refractivity contribution in [3.05, 3.63) is 84.9 Å². The van der Waals surface area contributed by atoms with Crippen LogP contribution in [-0.4, -0.2) is 62.2 Å². The van der Waals surface area contributed by atoms with Gasteiger partial charge in [0.2, 0.25) is 5.88 Å². The molecule has 346 valence electrons. The molecule has 0 bridgehead atoms. The third-order valence-corrected chi connectivity index (χ3v) is 17.4. The minimum absolute atomic E-state index is 0.0559. The molecule has 1 aromatic heterocycles. The highest BCUT2D eigenvalue weighted by Crippen LogP contribution is 2.44. The van der Waals surface area contributed by atoms with Crippen molar-refractivity contribution in [3.8, 4) is 11.6 Å². The molecule has 16 heteroatoms. The molecule has 0 unspecified atom stereocenters. The van der Waals surface area contributed by atoms with E-state index in [4.69, 9.17) is 22.8 Å². The second kappa shape index (κ2) is 20.0. The van der Waals surface area contributed by atoms with Gasteiger partial charge in [0, 0.05) is 18.7 Å². The first-order valence-corrected chi connectivity index (χ1v) is 26.0. The number of hydrogen-bond donors (Lipinski definition) is 1. The largest absolute Gasteiger partial charge is 0.497 e. The first-order valence-electron chi connectivity index (χ1n) is 21.7. The average Bonchev–Trinajstić information content (AvgIpc) is 3.51. The zero-order valence-corrected chi connectivity index (χ0v) is 41.3. The van der Waals surface area contributed by atoms with Crippen LogP contribution in [0.3, 0.4) is 0 Å². The first kappa shape index (κ1) is 51.0. The van der Waals surface area contributed by atoms with Crippen LogP contribution < -0.4 is 14.6 Å². The Morgan fingerprint density at radius 3 is 2.02 bits per heavy atom. The normalized spacial score (nSPS) is 18.2. The third kappa shape index (κ3) is 12.5. The molecular formula is C46H71N3O11SSi. The van der Waals surface area contributed by atoms with E-state index >= 15 is 0 Å². The number of ether oxygens (including phenoxy) is 3. The summed E-state index contributed by atoms with van der Waals surface area (Å²) in [6, 6.07) is 8.29. The van der Waals surface area contributed by atoms with Crippen molar-refractivity contribution in [1.82, 2.24) is 9.55 Å². The molecular weight excluding hydrogens is 831 g/mol. The highest BCUT2D eigenvalue weighted by atomic mass is 32.2. The molecule has 14 nitrogen and oxygen atoms in total. The van der Waals surface area contributed by atoms with Crippen molar-refractivity contribution in [2.24, 2.45) is 23.2 Å². The predicted molar refractivity (Wildman–Crippen MR) is 243 cm³/mol. The van der Waals surface area contributed by atoms with Crippen LogP contribution >= 0.6 is 0 Å².